The van der Waals surface area contributed by atoms with Crippen LogP contribution < -0.4 is 9.83 Å². The van der Waals surface area contributed by atoms with Gasteiger partial charge in [-0.15, -0.1) is 0 Å². The third-order valence-electron chi connectivity index (χ3n) is 6.46. The first kappa shape index (κ1) is 23.9. The van der Waals surface area contributed by atoms with Crippen molar-refractivity contribution in [2.45, 2.75) is 72.1 Å². The van der Waals surface area contributed by atoms with Crippen molar-refractivity contribution in [2.75, 3.05) is 6.16 Å². The van der Waals surface area contributed by atoms with E-state index in [-0.39, 0.29) is 5.92 Å². The molecule has 0 fully saturated rings. The van der Waals surface area contributed by atoms with Gasteiger partial charge in [0.15, 0.2) is 0 Å². The predicted octanol–water partition coefficient (Wildman–Crippen LogP) is 7.72. The first-order valence-corrected chi connectivity index (χ1v) is 14.2. The summed E-state index contributed by atoms with van der Waals surface area (Å²) in [5, 5.41) is 1.20. The van der Waals surface area contributed by atoms with Crippen molar-refractivity contribution in [1.29, 1.82) is 0 Å². The van der Waals surface area contributed by atoms with Gasteiger partial charge in [-0.3, -0.25) is 4.79 Å². The molecule has 0 aromatic heterocycles. The highest BCUT2D eigenvalue weighted by atomic mass is 31.2. The van der Waals surface area contributed by atoms with Gasteiger partial charge in [0, 0.05) is 29.4 Å². The monoisotopic (exact) mass is 438 g/mol. The number of carbonyl (C=O) groups is 1. The summed E-state index contributed by atoms with van der Waals surface area (Å²) in [6.45, 7) is 6.70. The van der Waals surface area contributed by atoms with E-state index in [1.54, 1.807) is 0 Å². The van der Waals surface area contributed by atoms with Crippen LogP contribution in [0.1, 0.15) is 72.1 Å². The Balaban J connectivity index is 1.61. The van der Waals surface area contributed by atoms with E-state index >= 15 is 0 Å². The lowest BCUT2D eigenvalue weighted by Gasteiger charge is -2.35. The van der Waals surface area contributed by atoms with Crippen LogP contribution in [0.15, 0.2) is 48.5 Å². The lowest BCUT2D eigenvalue weighted by atomic mass is 9.97. The van der Waals surface area contributed by atoms with Crippen LogP contribution in [0, 0.1) is 11.8 Å². The van der Waals surface area contributed by atoms with Crippen LogP contribution >= 0.6 is 7.11 Å². The van der Waals surface area contributed by atoms with Gasteiger partial charge in [0.2, 0.25) is 0 Å². The van der Waals surface area contributed by atoms with Crippen molar-refractivity contribution in [3.05, 3.63) is 48.5 Å². The number of rotatable bonds is 12. The molecule has 2 unspecified atom stereocenters. The average molecular weight is 439 g/mol. The summed E-state index contributed by atoms with van der Waals surface area (Å²) in [4.78, 5) is 13.1. The Labute approximate surface area is 189 Å². The lowest BCUT2D eigenvalue weighted by molar-refractivity contribution is -0.122. The number of hydrogen-bond donors (Lipinski definition) is 0. The molecular formula is C28H39O2P. The van der Waals surface area contributed by atoms with E-state index in [1.165, 1.54) is 36.6 Å². The Morgan fingerprint density at radius 3 is 2.32 bits per heavy atom. The van der Waals surface area contributed by atoms with Crippen LogP contribution in [-0.2, 0) is 4.79 Å². The standard InChI is InChI=1S/C28H39O2P/c1-5-23(26(29)18-10-8-6-7-9-15-22(2)3)21-31(4)28-20-14-12-17-25(28)24-16-11-13-19-27(24)30-31/h11-14,16-17,19-20,22-23H,4-10,15,18,21H2,1-3H3. The maximum absolute atomic E-state index is 13.1. The summed E-state index contributed by atoms with van der Waals surface area (Å²) in [6.07, 6.45) is 14.3. The van der Waals surface area contributed by atoms with Gasteiger partial charge in [-0.2, -0.15) is 0 Å². The fourth-order valence-corrected chi connectivity index (χ4v) is 7.67. The molecule has 0 aliphatic carbocycles. The minimum absolute atomic E-state index is 0.0325. The van der Waals surface area contributed by atoms with Crippen molar-refractivity contribution in [1.82, 2.24) is 0 Å². The maximum Gasteiger partial charge on any atom is 0.136 e. The van der Waals surface area contributed by atoms with Crippen LogP contribution in [0.3, 0.4) is 0 Å². The van der Waals surface area contributed by atoms with E-state index in [9.17, 15) is 4.79 Å². The molecule has 0 saturated carbocycles. The molecular weight excluding hydrogens is 399 g/mol. The summed E-state index contributed by atoms with van der Waals surface area (Å²) in [7, 11) is -2.15. The third kappa shape index (κ3) is 6.13. The molecule has 3 heteroatoms. The Bertz CT molecular complexity index is 915. The molecule has 0 amide bonds. The van der Waals surface area contributed by atoms with Gasteiger partial charge in [-0.25, -0.2) is 0 Å². The zero-order chi connectivity index (χ0) is 22.3. The summed E-state index contributed by atoms with van der Waals surface area (Å²) in [5.41, 5.74) is 2.35. The maximum atomic E-state index is 13.1. The van der Waals surface area contributed by atoms with E-state index in [2.05, 4.69) is 63.5 Å². The van der Waals surface area contributed by atoms with Crippen LogP contribution in [0.4, 0.5) is 0 Å². The number of benzene rings is 2. The Morgan fingerprint density at radius 1 is 0.935 bits per heavy atom. The quantitative estimate of drug-likeness (QED) is 0.250. The first-order valence-electron chi connectivity index (χ1n) is 12.1. The topological polar surface area (TPSA) is 26.3 Å². The molecule has 31 heavy (non-hydrogen) atoms. The summed E-state index contributed by atoms with van der Waals surface area (Å²) in [6, 6.07) is 16.7. The molecule has 2 nitrogen and oxygen atoms in total. The van der Waals surface area contributed by atoms with Gasteiger partial charge in [-0.1, -0.05) is 102 Å². The van der Waals surface area contributed by atoms with Crippen LogP contribution in [0.25, 0.3) is 11.1 Å². The number of hydrogen-bond acceptors (Lipinski definition) is 2. The number of ketones is 1. The highest BCUT2D eigenvalue weighted by Crippen LogP contribution is 2.55. The van der Waals surface area contributed by atoms with E-state index in [0.717, 1.165) is 42.7 Å². The largest absolute Gasteiger partial charge is 0.473 e. The first-order chi connectivity index (χ1) is 14.9. The zero-order valence-electron chi connectivity index (χ0n) is 19.6. The zero-order valence-corrected chi connectivity index (χ0v) is 20.5. The minimum Gasteiger partial charge on any atom is -0.473 e. The molecule has 1 heterocycles. The molecule has 2 aromatic carbocycles. The minimum atomic E-state index is -2.15. The SMILES string of the molecule is C=P1(CC(CC)C(=O)CCCCCCCC(C)C)Oc2ccccc2-c2ccccc21. The molecule has 3 rings (SSSR count). The van der Waals surface area contributed by atoms with Gasteiger partial charge < -0.3 is 4.52 Å². The fourth-order valence-electron chi connectivity index (χ4n) is 4.60. The highest BCUT2D eigenvalue weighted by molar-refractivity contribution is 7.77. The molecule has 0 radical (unpaired) electrons. The van der Waals surface area contributed by atoms with Gasteiger partial charge in [-0.05, 0) is 30.4 Å². The molecule has 1 aliphatic rings. The van der Waals surface area contributed by atoms with E-state index in [0.29, 0.717) is 12.2 Å². The molecule has 0 bridgehead atoms. The van der Waals surface area contributed by atoms with E-state index in [1.807, 2.05) is 12.1 Å². The van der Waals surface area contributed by atoms with Crippen LogP contribution in [0.2, 0.25) is 0 Å². The Kier molecular flexibility index (Phi) is 8.61. The number of para-hydroxylation sites is 1. The normalized spacial score (nSPS) is 18.2. The smallest absolute Gasteiger partial charge is 0.136 e. The molecule has 0 saturated heterocycles. The van der Waals surface area contributed by atoms with Crippen molar-refractivity contribution in [3.8, 4) is 16.9 Å². The molecule has 2 atom stereocenters. The Morgan fingerprint density at radius 2 is 1.58 bits per heavy atom. The number of Topliss-reactive ketones (excluding diaryl/α,β-unsaturated/α-hetero) is 1. The van der Waals surface area contributed by atoms with Gasteiger partial charge >= 0.3 is 0 Å². The second-order valence-electron chi connectivity index (χ2n) is 9.45. The molecule has 0 spiro atoms. The predicted molar refractivity (Wildman–Crippen MR) is 137 cm³/mol. The second-order valence-corrected chi connectivity index (χ2v) is 12.3. The second kappa shape index (κ2) is 11.2. The number of unbranched alkanes of at least 4 members (excludes halogenated alkanes) is 4. The van der Waals surface area contributed by atoms with E-state index in [4.69, 9.17) is 4.52 Å². The lowest BCUT2D eigenvalue weighted by Crippen LogP contribution is -2.26. The summed E-state index contributed by atoms with van der Waals surface area (Å²) >= 11 is 0. The van der Waals surface area contributed by atoms with Crippen molar-refractivity contribution >= 4 is 24.5 Å². The van der Waals surface area contributed by atoms with Gasteiger partial charge in [0.1, 0.15) is 11.5 Å². The summed E-state index contributed by atoms with van der Waals surface area (Å²) in [5.74, 6) is 2.13. The number of carbonyl (C=O) groups excluding carboxylic acids is 1. The van der Waals surface area contributed by atoms with Crippen molar-refractivity contribution in [3.63, 3.8) is 0 Å². The van der Waals surface area contributed by atoms with Gasteiger partial charge in [0.05, 0.1) is 7.11 Å². The van der Waals surface area contributed by atoms with Crippen LogP contribution in [0.5, 0.6) is 5.75 Å². The summed E-state index contributed by atoms with van der Waals surface area (Å²) < 4.78 is 6.57. The Hall–Kier alpha value is -1.79. The van der Waals surface area contributed by atoms with Crippen molar-refractivity contribution in [2.24, 2.45) is 11.8 Å². The third-order valence-corrected chi connectivity index (χ3v) is 9.31. The molecule has 0 N–H and O–H groups in total. The van der Waals surface area contributed by atoms with Crippen molar-refractivity contribution < 1.29 is 9.32 Å². The highest BCUT2D eigenvalue weighted by Gasteiger charge is 2.33. The van der Waals surface area contributed by atoms with Gasteiger partial charge in [0.25, 0.3) is 0 Å². The molecule has 168 valence electrons. The molecule has 1 aliphatic heterocycles. The van der Waals surface area contributed by atoms with E-state index < -0.39 is 7.11 Å². The number of fused-ring (bicyclic) bond motifs is 3. The fraction of sp³-hybridized carbons (Fsp3) is 0.500. The average Bonchev–Trinajstić information content (AvgIpc) is 2.77. The van der Waals surface area contributed by atoms with Crippen LogP contribution in [-0.4, -0.2) is 18.2 Å². The molecule has 2 aromatic rings.